The van der Waals surface area contributed by atoms with Gasteiger partial charge in [0, 0.05) is 25.1 Å². The lowest BCUT2D eigenvalue weighted by atomic mass is 9.99. The van der Waals surface area contributed by atoms with Crippen molar-refractivity contribution in [2.75, 3.05) is 11.1 Å². The van der Waals surface area contributed by atoms with Gasteiger partial charge in [-0.3, -0.25) is 0 Å². The molecular formula is C19H16ClF3N5O+. The van der Waals surface area contributed by atoms with Gasteiger partial charge < -0.3 is 11.1 Å². The molecule has 0 radical (unpaired) electrons. The number of hydrogen-bond donors (Lipinski definition) is 2. The monoisotopic (exact) mass is 422 g/mol. The number of nitrogen functional groups attached to an aromatic ring is 1. The molecule has 1 unspecified atom stereocenters. The second-order valence-electron chi connectivity index (χ2n) is 6.83. The van der Waals surface area contributed by atoms with Gasteiger partial charge in [-0.05, 0) is 18.6 Å². The summed E-state index contributed by atoms with van der Waals surface area (Å²) in [6, 6.07) is 4.42. The lowest BCUT2D eigenvalue weighted by Gasteiger charge is -2.21. The zero-order valence-corrected chi connectivity index (χ0v) is 16.0. The number of carbonyl (C=O) groups excluding carboxylic acids is 1. The zero-order valence-electron chi connectivity index (χ0n) is 15.2. The highest BCUT2D eigenvalue weighted by atomic mass is 35.5. The van der Waals surface area contributed by atoms with E-state index in [9.17, 15) is 18.0 Å². The van der Waals surface area contributed by atoms with Crippen molar-refractivity contribution < 1.29 is 22.5 Å². The van der Waals surface area contributed by atoms with Gasteiger partial charge in [0.2, 0.25) is 11.6 Å². The average molecular weight is 423 g/mol. The maximum Gasteiger partial charge on any atom is 0.427 e. The highest BCUT2D eigenvalue weighted by Gasteiger charge is 2.43. The Hall–Kier alpha value is -2.94. The number of carbonyl (C=O) groups is 1. The van der Waals surface area contributed by atoms with Gasteiger partial charge in [-0.2, -0.15) is 18.2 Å². The number of hydrogen-bond acceptors (Lipinski definition) is 5. The number of anilines is 2. The van der Waals surface area contributed by atoms with Gasteiger partial charge in [0.05, 0.1) is 5.02 Å². The Bertz CT molecular complexity index is 1090. The molecule has 3 N–H and O–H groups in total. The number of alkyl halides is 3. The number of nitrogens with zero attached hydrogens (tertiary/aromatic N) is 3. The molecule has 6 nitrogen and oxygen atoms in total. The zero-order chi connectivity index (χ0) is 20.9. The highest BCUT2D eigenvalue weighted by Crippen LogP contribution is 2.36. The average Bonchev–Trinajstić information content (AvgIpc) is 3.45. The Balaban J connectivity index is 1.78. The fourth-order valence-corrected chi connectivity index (χ4v) is 3.52. The van der Waals surface area contributed by atoms with E-state index in [-0.39, 0.29) is 11.9 Å². The number of halogens is 4. The topological polar surface area (TPSA) is 83.9 Å². The predicted octanol–water partition coefficient (Wildman–Crippen LogP) is 3.97. The van der Waals surface area contributed by atoms with Crippen molar-refractivity contribution in [2.24, 2.45) is 0 Å². The first-order chi connectivity index (χ1) is 13.7. The second kappa shape index (κ2) is 6.84. The van der Waals surface area contributed by atoms with Crippen molar-refractivity contribution in [1.29, 1.82) is 0 Å². The summed E-state index contributed by atoms with van der Waals surface area (Å²) in [7, 11) is 0. The third-order valence-corrected chi connectivity index (χ3v) is 5.04. The third kappa shape index (κ3) is 3.57. The summed E-state index contributed by atoms with van der Waals surface area (Å²) < 4.78 is 41.5. The van der Waals surface area contributed by atoms with Crippen LogP contribution in [-0.4, -0.2) is 32.2 Å². The molecule has 29 heavy (non-hydrogen) atoms. The van der Waals surface area contributed by atoms with Crippen molar-refractivity contribution in [3.63, 3.8) is 0 Å². The first kappa shape index (κ1) is 19.4. The Morgan fingerprint density at radius 2 is 2.03 bits per heavy atom. The quantitative estimate of drug-likeness (QED) is 0.731. The molecule has 4 rings (SSSR count). The largest absolute Gasteiger partial charge is 0.427 e. The standard InChI is InChI=1S/C19H16ClF3N5O/c1-9(26-16-12(19(21,22)23)8-25-18(24)27-16)14-7-10-3-2-4-13(20)15(10)17(29)28(14)11-5-6-11/h2-4,7-9H,5-6H2,1H3,(H3,24,25,26,27)/q+1. The number of nitrogens with one attached hydrogen (secondary N) is 1. The minimum Gasteiger partial charge on any atom is -0.368 e. The number of fused-ring (bicyclic) bond motifs is 1. The number of benzene rings is 1. The van der Waals surface area contributed by atoms with Crippen LogP contribution in [0.2, 0.25) is 5.02 Å². The molecule has 0 bridgehead atoms. The summed E-state index contributed by atoms with van der Waals surface area (Å²) in [5.74, 6) is -1.02. The van der Waals surface area contributed by atoms with Crippen LogP contribution in [0.5, 0.6) is 0 Å². The van der Waals surface area contributed by atoms with E-state index in [1.807, 2.05) is 0 Å². The van der Waals surface area contributed by atoms with E-state index in [0.717, 1.165) is 18.6 Å². The second-order valence-corrected chi connectivity index (χ2v) is 7.24. The van der Waals surface area contributed by atoms with Crippen LogP contribution in [0.25, 0.3) is 6.08 Å². The van der Waals surface area contributed by atoms with Gasteiger partial charge >= 0.3 is 12.1 Å². The number of nitrogens with two attached hydrogens (primary N) is 1. The SMILES string of the molecule is CC(Nc1nc(N)ncc1C(F)(F)F)C1=Cc2cccc(Cl)c2C(=O)[N+]1=C1CC1. The van der Waals surface area contributed by atoms with Gasteiger partial charge in [-0.25, -0.2) is 9.78 Å². The van der Waals surface area contributed by atoms with Crippen molar-refractivity contribution in [2.45, 2.75) is 32.0 Å². The molecule has 1 saturated carbocycles. The molecule has 150 valence electrons. The van der Waals surface area contributed by atoms with E-state index >= 15 is 0 Å². The summed E-state index contributed by atoms with van der Waals surface area (Å²) in [6.07, 6.45) is -0.783. The van der Waals surface area contributed by atoms with Crippen LogP contribution in [-0.2, 0) is 6.18 Å². The lowest BCUT2D eigenvalue weighted by molar-refractivity contribution is -0.375. The van der Waals surface area contributed by atoms with E-state index in [4.69, 9.17) is 17.3 Å². The lowest BCUT2D eigenvalue weighted by Crippen LogP contribution is -2.35. The Morgan fingerprint density at radius 1 is 1.31 bits per heavy atom. The van der Waals surface area contributed by atoms with Gasteiger partial charge in [-0.1, -0.05) is 23.7 Å². The van der Waals surface area contributed by atoms with Crippen LogP contribution in [0.4, 0.5) is 24.9 Å². The van der Waals surface area contributed by atoms with Crippen LogP contribution in [0, 0.1) is 0 Å². The maximum atomic E-state index is 13.3. The molecule has 1 amide bonds. The molecule has 2 heterocycles. The molecule has 1 atom stereocenters. The molecule has 1 aliphatic heterocycles. The van der Waals surface area contributed by atoms with E-state index in [2.05, 4.69) is 15.3 Å². The van der Waals surface area contributed by atoms with Gasteiger partial charge in [0.1, 0.15) is 23.0 Å². The van der Waals surface area contributed by atoms with Crippen LogP contribution in [0.3, 0.4) is 0 Å². The number of rotatable bonds is 3. The molecule has 1 aromatic carbocycles. The highest BCUT2D eigenvalue weighted by molar-refractivity contribution is 6.34. The van der Waals surface area contributed by atoms with Crippen molar-refractivity contribution in [3.8, 4) is 0 Å². The molecule has 10 heteroatoms. The summed E-state index contributed by atoms with van der Waals surface area (Å²) in [4.78, 5) is 20.2. The molecule has 0 saturated heterocycles. The minimum atomic E-state index is -4.66. The van der Waals surface area contributed by atoms with Crippen LogP contribution in [0.15, 0.2) is 30.1 Å². The van der Waals surface area contributed by atoms with Crippen LogP contribution < -0.4 is 11.1 Å². The molecule has 1 aromatic heterocycles. The van der Waals surface area contributed by atoms with Crippen LogP contribution >= 0.6 is 11.6 Å². The molecule has 2 aliphatic rings. The Morgan fingerprint density at radius 3 is 2.69 bits per heavy atom. The van der Waals surface area contributed by atoms with Crippen LogP contribution in [0.1, 0.15) is 41.3 Å². The van der Waals surface area contributed by atoms with Crippen molar-refractivity contribution in [1.82, 2.24) is 9.97 Å². The fraction of sp³-hybridized carbons (Fsp3) is 0.263. The maximum absolute atomic E-state index is 13.3. The van der Waals surface area contributed by atoms with Gasteiger partial charge in [-0.15, -0.1) is 4.58 Å². The van der Waals surface area contributed by atoms with E-state index in [1.165, 1.54) is 4.58 Å². The first-order valence-corrected chi connectivity index (χ1v) is 9.20. The molecular weight excluding hydrogens is 407 g/mol. The summed E-state index contributed by atoms with van der Waals surface area (Å²) in [5.41, 5.74) is 6.85. The summed E-state index contributed by atoms with van der Waals surface area (Å²) in [6.45, 7) is 1.66. The molecule has 2 aromatic rings. The van der Waals surface area contributed by atoms with Crippen molar-refractivity contribution >= 4 is 41.1 Å². The van der Waals surface area contributed by atoms with E-state index in [1.54, 1.807) is 31.2 Å². The Labute approximate surface area is 168 Å². The number of amides is 1. The smallest absolute Gasteiger partial charge is 0.368 e. The molecule has 1 aliphatic carbocycles. The summed E-state index contributed by atoms with van der Waals surface area (Å²) in [5, 5.41) is 3.08. The normalized spacial score (nSPS) is 17.0. The van der Waals surface area contributed by atoms with E-state index < -0.39 is 23.6 Å². The summed E-state index contributed by atoms with van der Waals surface area (Å²) >= 11 is 6.22. The third-order valence-electron chi connectivity index (χ3n) is 4.72. The van der Waals surface area contributed by atoms with Crippen molar-refractivity contribution in [3.05, 3.63) is 51.8 Å². The number of aromatic nitrogens is 2. The first-order valence-electron chi connectivity index (χ1n) is 8.82. The van der Waals surface area contributed by atoms with Gasteiger partial charge in [0.15, 0.2) is 5.71 Å². The van der Waals surface area contributed by atoms with E-state index in [0.29, 0.717) is 28.0 Å². The molecule has 0 spiro atoms. The Kier molecular flexibility index (Phi) is 4.57. The van der Waals surface area contributed by atoms with Gasteiger partial charge in [0.25, 0.3) is 0 Å². The molecule has 1 fully saturated rings. The fourth-order valence-electron chi connectivity index (χ4n) is 3.26. The minimum absolute atomic E-state index is 0.285. The predicted molar refractivity (Wildman–Crippen MR) is 103 cm³/mol.